The molecule has 0 saturated heterocycles. The number of rotatable bonds is 8. The molecule has 1 aromatic rings. The average molecular weight is 225 g/mol. The van der Waals surface area contributed by atoms with Gasteiger partial charge in [0.1, 0.15) is 6.61 Å². The lowest BCUT2D eigenvalue weighted by atomic mass is 10.3. The van der Waals surface area contributed by atoms with E-state index >= 15 is 0 Å². The molecule has 0 saturated carbocycles. The predicted octanol–water partition coefficient (Wildman–Crippen LogP) is 1.77. The highest BCUT2D eigenvalue weighted by atomic mass is 16.5. The fourth-order valence-corrected chi connectivity index (χ4v) is 1.22. The second kappa shape index (κ2) is 8.07. The van der Waals surface area contributed by atoms with Crippen molar-refractivity contribution in [1.29, 1.82) is 0 Å². The molecule has 0 radical (unpaired) electrons. The van der Waals surface area contributed by atoms with Crippen LogP contribution in [0.5, 0.6) is 5.88 Å². The Labute approximate surface area is 96.2 Å². The fraction of sp³-hybridized carbons (Fsp3) is 0.583. The second-order valence-corrected chi connectivity index (χ2v) is 3.44. The van der Waals surface area contributed by atoms with Crippen molar-refractivity contribution in [2.45, 2.75) is 26.4 Å². The highest BCUT2D eigenvalue weighted by molar-refractivity contribution is 5.24. The molecule has 0 aliphatic carbocycles. The Kier molecular flexibility index (Phi) is 6.53. The molecule has 0 fully saturated rings. The van der Waals surface area contributed by atoms with Gasteiger partial charge in [-0.15, -0.1) is 0 Å². The Morgan fingerprint density at radius 3 is 2.94 bits per heavy atom. The normalized spacial score (nSPS) is 10.4. The Morgan fingerprint density at radius 2 is 2.19 bits per heavy atom. The average Bonchev–Trinajstić information content (AvgIpc) is 2.34. The monoisotopic (exact) mass is 225 g/mol. The maximum absolute atomic E-state index is 9.04. The summed E-state index contributed by atoms with van der Waals surface area (Å²) < 4.78 is 10.8. The molecule has 1 heterocycles. The number of aromatic nitrogens is 1. The van der Waals surface area contributed by atoms with Crippen molar-refractivity contribution in [2.75, 3.05) is 19.8 Å². The van der Waals surface area contributed by atoms with E-state index < -0.39 is 0 Å². The molecular formula is C12H19NO3. The first kappa shape index (κ1) is 12.9. The van der Waals surface area contributed by atoms with Crippen LogP contribution in [0.1, 0.15) is 25.3 Å². The zero-order valence-corrected chi connectivity index (χ0v) is 9.69. The van der Waals surface area contributed by atoms with Gasteiger partial charge >= 0.3 is 0 Å². The quantitative estimate of drug-likeness (QED) is 0.685. The van der Waals surface area contributed by atoms with Crippen molar-refractivity contribution in [3.8, 4) is 5.88 Å². The van der Waals surface area contributed by atoms with E-state index in [0.717, 1.165) is 19.4 Å². The Balaban J connectivity index is 2.21. The Bertz CT molecular complexity index is 291. The molecule has 0 aliphatic heterocycles. The van der Waals surface area contributed by atoms with Crippen molar-refractivity contribution in [3.05, 3.63) is 23.9 Å². The first-order valence-electron chi connectivity index (χ1n) is 5.63. The van der Waals surface area contributed by atoms with E-state index in [9.17, 15) is 0 Å². The summed E-state index contributed by atoms with van der Waals surface area (Å²) in [5.41, 5.74) is 0.705. The van der Waals surface area contributed by atoms with Gasteiger partial charge in [-0.05, 0) is 18.6 Å². The third-order valence-corrected chi connectivity index (χ3v) is 2.13. The van der Waals surface area contributed by atoms with Gasteiger partial charge < -0.3 is 14.6 Å². The fourth-order valence-electron chi connectivity index (χ4n) is 1.22. The van der Waals surface area contributed by atoms with E-state index in [-0.39, 0.29) is 6.61 Å². The van der Waals surface area contributed by atoms with E-state index in [1.165, 1.54) is 0 Å². The zero-order valence-electron chi connectivity index (χ0n) is 9.69. The van der Waals surface area contributed by atoms with Crippen LogP contribution in [0.25, 0.3) is 0 Å². The van der Waals surface area contributed by atoms with Gasteiger partial charge in [0.25, 0.3) is 0 Å². The topological polar surface area (TPSA) is 51.6 Å². The molecule has 0 aromatic carbocycles. The summed E-state index contributed by atoms with van der Waals surface area (Å²) in [6.45, 7) is 3.87. The van der Waals surface area contributed by atoms with Gasteiger partial charge in [-0.1, -0.05) is 13.3 Å². The molecule has 16 heavy (non-hydrogen) atoms. The van der Waals surface area contributed by atoms with Crippen molar-refractivity contribution >= 4 is 0 Å². The van der Waals surface area contributed by atoms with Gasteiger partial charge in [-0.2, -0.15) is 0 Å². The maximum Gasteiger partial charge on any atom is 0.218 e. The van der Waals surface area contributed by atoms with Crippen LogP contribution in [0.3, 0.4) is 0 Å². The van der Waals surface area contributed by atoms with Crippen molar-refractivity contribution in [3.63, 3.8) is 0 Å². The third kappa shape index (κ3) is 4.59. The summed E-state index contributed by atoms with van der Waals surface area (Å²) >= 11 is 0. The molecule has 0 amide bonds. The van der Waals surface area contributed by atoms with E-state index in [2.05, 4.69) is 11.9 Å². The number of aliphatic hydroxyl groups is 1. The van der Waals surface area contributed by atoms with Gasteiger partial charge in [-0.3, -0.25) is 0 Å². The molecule has 4 nitrogen and oxygen atoms in total. The van der Waals surface area contributed by atoms with Gasteiger partial charge in [0.15, 0.2) is 0 Å². The number of ether oxygens (including phenoxy) is 2. The van der Waals surface area contributed by atoms with Crippen LogP contribution in [-0.4, -0.2) is 29.9 Å². The SMILES string of the molecule is CCCCOCCOc1ncccc1CO. The van der Waals surface area contributed by atoms with Crippen LogP contribution in [0.15, 0.2) is 18.3 Å². The van der Waals surface area contributed by atoms with Crippen LogP contribution >= 0.6 is 0 Å². The summed E-state index contributed by atoms with van der Waals surface area (Å²) in [4.78, 5) is 4.05. The number of hydrogen-bond acceptors (Lipinski definition) is 4. The lowest BCUT2D eigenvalue weighted by molar-refractivity contribution is 0.0955. The van der Waals surface area contributed by atoms with Gasteiger partial charge in [0.05, 0.1) is 13.2 Å². The highest BCUT2D eigenvalue weighted by Gasteiger charge is 2.02. The molecule has 1 aromatic heterocycles. The largest absolute Gasteiger partial charge is 0.475 e. The second-order valence-electron chi connectivity index (χ2n) is 3.44. The van der Waals surface area contributed by atoms with Gasteiger partial charge in [0, 0.05) is 18.4 Å². The molecule has 1 rings (SSSR count). The number of unbranched alkanes of at least 4 members (excludes halogenated alkanes) is 1. The molecule has 4 heteroatoms. The molecule has 0 atom stereocenters. The summed E-state index contributed by atoms with van der Waals surface area (Å²) in [7, 11) is 0. The van der Waals surface area contributed by atoms with Crippen molar-refractivity contribution in [1.82, 2.24) is 4.98 Å². The first-order valence-corrected chi connectivity index (χ1v) is 5.63. The molecule has 0 unspecified atom stereocenters. The molecule has 90 valence electrons. The van der Waals surface area contributed by atoms with Gasteiger partial charge in [0.2, 0.25) is 5.88 Å². The zero-order chi connectivity index (χ0) is 11.6. The van der Waals surface area contributed by atoms with Gasteiger partial charge in [-0.25, -0.2) is 4.98 Å². The Hall–Kier alpha value is -1.13. The predicted molar refractivity (Wildman–Crippen MR) is 61.4 cm³/mol. The van der Waals surface area contributed by atoms with Crippen LogP contribution in [-0.2, 0) is 11.3 Å². The van der Waals surface area contributed by atoms with Crippen LogP contribution in [0.2, 0.25) is 0 Å². The maximum atomic E-state index is 9.04. The van der Waals surface area contributed by atoms with Crippen LogP contribution < -0.4 is 4.74 Å². The minimum absolute atomic E-state index is 0.0557. The minimum atomic E-state index is -0.0557. The summed E-state index contributed by atoms with van der Waals surface area (Å²) in [5, 5.41) is 9.04. The number of aliphatic hydroxyl groups excluding tert-OH is 1. The first-order chi connectivity index (χ1) is 7.88. The smallest absolute Gasteiger partial charge is 0.218 e. The summed E-state index contributed by atoms with van der Waals surface area (Å²) in [5.74, 6) is 0.490. The number of pyridine rings is 1. The number of nitrogens with zero attached hydrogens (tertiary/aromatic N) is 1. The molecular weight excluding hydrogens is 206 g/mol. The minimum Gasteiger partial charge on any atom is -0.475 e. The van der Waals surface area contributed by atoms with E-state index in [0.29, 0.717) is 24.7 Å². The molecule has 0 bridgehead atoms. The van der Waals surface area contributed by atoms with Crippen molar-refractivity contribution < 1.29 is 14.6 Å². The summed E-state index contributed by atoms with van der Waals surface area (Å²) in [6, 6.07) is 3.57. The lowest BCUT2D eigenvalue weighted by Gasteiger charge is -2.08. The molecule has 0 spiro atoms. The highest BCUT2D eigenvalue weighted by Crippen LogP contribution is 2.13. The standard InChI is InChI=1S/C12H19NO3/c1-2-3-7-15-8-9-16-12-11(10-14)5-4-6-13-12/h4-6,14H,2-3,7-10H2,1H3. The molecule has 1 N–H and O–H groups in total. The lowest BCUT2D eigenvalue weighted by Crippen LogP contribution is -2.09. The summed E-state index contributed by atoms with van der Waals surface area (Å²) in [6.07, 6.45) is 3.85. The van der Waals surface area contributed by atoms with E-state index in [4.69, 9.17) is 14.6 Å². The Morgan fingerprint density at radius 1 is 1.31 bits per heavy atom. The third-order valence-electron chi connectivity index (χ3n) is 2.13. The molecule has 0 aliphatic rings. The van der Waals surface area contributed by atoms with Crippen LogP contribution in [0, 0.1) is 0 Å². The van der Waals surface area contributed by atoms with Crippen LogP contribution in [0.4, 0.5) is 0 Å². The van der Waals surface area contributed by atoms with E-state index in [1.54, 1.807) is 18.3 Å². The van der Waals surface area contributed by atoms with Crippen molar-refractivity contribution in [2.24, 2.45) is 0 Å². The van der Waals surface area contributed by atoms with E-state index in [1.807, 2.05) is 0 Å². The number of hydrogen-bond donors (Lipinski definition) is 1.